The highest BCUT2D eigenvalue weighted by atomic mass is 16.6. The van der Waals surface area contributed by atoms with E-state index in [1.165, 1.54) is 4.90 Å². The van der Waals surface area contributed by atoms with Crippen molar-refractivity contribution in [3.05, 3.63) is 66.2 Å². The minimum atomic E-state index is -0.635. The minimum absolute atomic E-state index is 0.293. The molecule has 7 heteroatoms. The third-order valence-electron chi connectivity index (χ3n) is 4.48. The lowest BCUT2D eigenvalue weighted by Crippen LogP contribution is -2.44. The Bertz CT molecular complexity index is 811. The van der Waals surface area contributed by atoms with E-state index in [1.54, 1.807) is 29.2 Å². The summed E-state index contributed by atoms with van der Waals surface area (Å²) < 4.78 is 5.34. The lowest BCUT2D eigenvalue weighted by molar-refractivity contribution is -0.145. The van der Waals surface area contributed by atoms with E-state index in [4.69, 9.17) is 4.74 Å². The fraction of sp³-hybridized carbons (Fsp3) is 0.286. The number of hydrogen-bond donors (Lipinski definition) is 1. The molecule has 0 unspecified atom stereocenters. The quantitative estimate of drug-likeness (QED) is 0.826. The third-order valence-corrected chi connectivity index (χ3v) is 4.48. The first-order valence-corrected chi connectivity index (χ1v) is 9.26. The van der Waals surface area contributed by atoms with E-state index >= 15 is 0 Å². The first kappa shape index (κ1) is 19.4. The van der Waals surface area contributed by atoms with Crippen molar-refractivity contribution in [2.24, 2.45) is 0 Å². The Hall–Kier alpha value is -3.35. The highest BCUT2D eigenvalue weighted by Gasteiger charge is 2.26. The van der Waals surface area contributed by atoms with E-state index in [-0.39, 0.29) is 0 Å². The molecule has 1 fully saturated rings. The zero-order chi connectivity index (χ0) is 19.8. The molecule has 146 valence electrons. The van der Waals surface area contributed by atoms with Crippen molar-refractivity contribution < 1.29 is 19.1 Å². The second-order valence-electron chi connectivity index (χ2n) is 6.48. The number of nitrogens with zero attached hydrogens (tertiary/aromatic N) is 2. The predicted molar refractivity (Wildman–Crippen MR) is 104 cm³/mol. The molecular formula is C21H23N3O4. The molecule has 3 rings (SSSR count). The van der Waals surface area contributed by atoms with Crippen molar-refractivity contribution >= 4 is 17.9 Å². The van der Waals surface area contributed by atoms with Crippen LogP contribution in [0.2, 0.25) is 0 Å². The predicted octanol–water partition coefficient (Wildman–Crippen LogP) is 2.04. The van der Waals surface area contributed by atoms with Gasteiger partial charge in [0, 0.05) is 32.7 Å². The number of carbonyl (C=O) groups excluding carboxylic acids is 3. The van der Waals surface area contributed by atoms with Crippen molar-refractivity contribution in [2.45, 2.75) is 13.0 Å². The second-order valence-corrected chi connectivity index (χ2v) is 6.48. The van der Waals surface area contributed by atoms with Gasteiger partial charge in [0.2, 0.25) is 0 Å². The molecule has 1 aliphatic heterocycles. The Morgan fingerprint density at radius 1 is 0.821 bits per heavy atom. The number of ether oxygens (including phenoxy) is 1. The van der Waals surface area contributed by atoms with Crippen LogP contribution in [0.1, 0.15) is 12.0 Å². The molecule has 0 aliphatic carbocycles. The highest BCUT2D eigenvalue weighted by Crippen LogP contribution is 2.12. The Morgan fingerprint density at radius 2 is 1.43 bits per heavy atom. The summed E-state index contributed by atoms with van der Waals surface area (Å²) >= 11 is 0. The van der Waals surface area contributed by atoms with E-state index in [1.807, 2.05) is 36.4 Å². The van der Waals surface area contributed by atoms with Gasteiger partial charge in [-0.25, -0.2) is 4.79 Å². The standard InChI is InChI=1S/C21H23N3O4/c25-19(22-16-17-8-3-1-4-9-17)20(26)23-12-7-13-24(15-14-23)21(27)28-18-10-5-2-6-11-18/h1-6,8-11H,7,12-16H2,(H,22,25). The number of benzene rings is 2. The van der Waals surface area contributed by atoms with Crippen LogP contribution in [0.25, 0.3) is 0 Å². The van der Waals surface area contributed by atoms with Crippen LogP contribution < -0.4 is 10.1 Å². The summed E-state index contributed by atoms with van der Waals surface area (Å²) in [6.07, 6.45) is 0.135. The summed E-state index contributed by atoms with van der Waals surface area (Å²) in [5, 5.41) is 2.65. The van der Waals surface area contributed by atoms with Gasteiger partial charge in [-0.1, -0.05) is 48.5 Å². The molecule has 0 bridgehead atoms. The zero-order valence-electron chi connectivity index (χ0n) is 15.5. The molecule has 2 aromatic rings. The maximum absolute atomic E-state index is 12.4. The van der Waals surface area contributed by atoms with Gasteiger partial charge in [-0.3, -0.25) is 9.59 Å². The van der Waals surface area contributed by atoms with Crippen molar-refractivity contribution in [1.29, 1.82) is 0 Å². The lowest BCUT2D eigenvalue weighted by Gasteiger charge is -2.21. The van der Waals surface area contributed by atoms with Gasteiger partial charge in [0.1, 0.15) is 5.75 Å². The summed E-state index contributed by atoms with van der Waals surface area (Å²) in [7, 11) is 0. The van der Waals surface area contributed by atoms with E-state index in [9.17, 15) is 14.4 Å². The molecule has 1 aliphatic rings. The van der Waals surface area contributed by atoms with Crippen molar-refractivity contribution in [1.82, 2.24) is 15.1 Å². The van der Waals surface area contributed by atoms with Crippen LogP contribution in [0.4, 0.5) is 4.79 Å². The molecule has 28 heavy (non-hydrogen) atoms. The molecule has 2 aromatic carbocycles. The first-order valence-electron chi connectivity index (χ1n) is 9.26. The van der Waals surface area contributed by atoms with Crippen LogP contribution in [-0.2, 0) is 16.1 Å². The zero-order valence-corrected chi connectivity index (χ0v) is 15.5. The van der Waals surface area contributed by atoms with Crippen LogP contribution in [0.3, 0.4) is 0 Å². The van der Waals surface area contributed by atoms with E-state index in [0.717, 1.165) is 5.56 Å². The lowest BCUT2D eigenvalue weighted by atomic mass is 10.2. The Labute approximate surface area is 163 Å². The Morgan fingerprint density at radius 3 is 2.14 bits per heavy atom. The summed E-state index contributed by atoms with van der Waals surface area (Å²) in [4.78, 5) is 39.9. The van der Waals surface area contributed by atoms with Crippen LogP contribution in [0.15, 0.2) is 60.7 Å². The maximum Gasteiger partial charge on any atom is 0.415 e. The summed E-state index contributed by atoms with van der Waals surface area (Å²) in [5.41, 5.74) is 0.925. The molecule has 0 saturated carbocycles. The molecular weight excluding hydrogens is 358 g/mol. The average molecular weight is 381 g/mol. The van der Waals surface area contributed by atoms with E-state index in [0.29, 0.717) is 44.9 Å². The SMILES string of the molecule is O=C(NCc1ccccc1)C(=O)N1CCCN(C(=O)Oc2ccccc2)CC1. The van der Waals surface area contributed by atoms with Gasteiger partial charge in [-0.2, -0.15) is 0 Å². The molecule has 3 amide bonds. The van der Waals surface area contributed by atoms with Crippen LogP contribution in [0.5, 0.6) is 5.75 Å². The number of para-hydroxylation sites is 1. The van der Waals surface area contributed by atoms with Gasteiger partial charge in [-0.15, -0.1) is 0 Å². The number of hydrogen-bond acceptors (Lipinski definition) is 4. The van der Waals surface area contributed by atoms with Crippen molar-refractivity contribution in [3.63, 3.8) is 0 Å². The topological polar surface area (TPSA) is 79.0 Å². The van der Waals surface area contributed by atoms with Gasteiger partial charge >= 0.3 is 17.9 Å². The van der Waals surface area contributed by atoms with Gasteiger partial charge in [0.15, 0.2) is 0 Å². The maximum atomic E-state index is 12.4. The smallest absolute Gasteiger partial charge is 0.410 e. The molecule has 0 atom stereocenters. The normalized spacial score (nSPS) is 14.1. The largest absolute Gasteiger partial charge is 0.415 e. The number of rotatable bonds is 3. The highest BCUT2D eigenvalue weighted by molar-refractivity contribution is 6.34. The second kappa shape index (κ2) is 9.55. The summed E-state index contributed by atoms with van der Waals surface area (Å²) in [5.74, 6) is -0.733. The van der Waals surface area contributed by atoms with Crippen LogP contribution in [-0.4, -0.2) is 53.9 Å². The van der Waals surface area contributed by atoms with E-state index < -0.39 is 17.9 Å². The average Bonchev–Trinajstić information content (AvgIpc) is 2.99. The van der Waals surface area contributed by atoms with Crippen molar-refractivity contribution in [2.75, 3.05) is 26.2 Å². The molecule has 1 saturated heterocycles. The van der Waals surface area contributed by atoms with Gasteiger partial charge in [0.05, 0.1) is 0 Å². The molecule has 0 aromatic heterocycles. The Balaban J connectivity index is 1.49. The van der Waals surface area contributed by atoms with Gasteiger partial charge in [0.25, 0.3) is 0 Å². The van der Waals surface area contributed by atoms with Crippen LogP contribution >= 0.6 is 0 Å². The fourth-order valence-electron chi connectivity index (χ4n) is 2.95. The number of carbonyl (C=O) groups is 3. The molecule has 1 N–H and O–H groups in total. The van der Waals surface area contributed by atoms with Gasteiger partial charge in [-0.05, 0) is 24.1 Å². The molecule has 0 radical (unpaired) electrons. The van der Waals surface area contributed by atoms with Crippen molar-refractivity contribution in [3.8, 4) is 5.75 Å². The fourth-order valence-corrected chi connectivity index (χ4v) is 2.95. The number of nitrogens with one attached hydrogen (secondary N) is 1. The molecule has 1 heterocycles. The molecule has 7 nitrogen and oxygen atoms in total. The number of amides is 3. The summed E-state index contributed by atoms with van der Waals surface area (Å²) in [6, 6.07) is 18.3. The summed E-state index contributed by atoms with van der Waals surface area (Å²) in [6.45, 7) is 1.81. The van der Waals surface area contributed by atoms with Gasteiger partial charge < -0.3 is 19.9 Å². The molecule has 0 spiro atoms. The minimum Gasteiger partial charge on any atom is -0.410 e. The first-order chi connectivity index (χ1) is 13.6. The monoisotopic (exact) mass is 381 g/mol. The van der Waals surface area contributed by atoms with Crippen LogP contribution in [0, 0.1) is 0 Å². The Kier molecular flexibility index (Phi) is 6.62. The third kappa shape index (κ3) is 5.33. The van der Waals surface area contributed by atoms with E-state index in [2.05, 4.69) is 5.32 Å².